The highest BCUT2D eigenvalue weighted by atomic mass is 16.5. The predicted molar refractivity (Wildman–Crippen MR) is 49.3 cm³/mol. The molecule has 0 N–H and O–H groups in total. The zero-order valence-corrected chi connectivity index (χ0v) is 8.46. The molecule has 0 unspecified atom stereocenters. The molecule has 3 nitrogen and oxygen atoms in total. The molecule has 0 aromatic rings. The molecule has 0 saturated carbocycles. The molecule has 72 valence electrons. The van der Waals surface area contributed by atoms with E-state index >= 15 is 0 Å². The Morgan fingerprint density at radius 1 is 1.50 bits per heavy atom. The Bertz CT molecular complexity index is 134. The van der Waals surface area contributed by atoms with Crippen molar-refractivity contribution in [2.45, 2.75) is 26.8 Å². The Kier molecular flexibility index (Phi) is 5.93. The van der Waals surface area contributed by atoms with E-state index in [0.29, 0.717) is 12.6 Å². The van der Waals surface area contributed by atoms with Crippen LogP contribution in [0.1, 0.15) is 20.8 Å². The summed E-state index contributed by atoms with van der Waals surface area (Å²) in [5.41, 5.74) is 0. The minimum absolute atomic E-state index is 0.146. The monoisotopic (exact) mass is 173 g/mol. The minimum Gasteiger partial charge on any atom is -0.377 e. The predicted octanol–water partition coefficient (Wildman–Crippen LogP) is 0.932. The van der Waals surface area contributed by atoms with Crippen molar-refractivity contribution in [3.63, 3.8) is 0 Å². The second-order valence-corrected chi connectivity index (χ2v) is 3.13. The number of carbonyl (C=O) groups is 1. The van der Waals surface area contributed by atoms with Crippen LogP contribution in [0.5, 0.6) is 0 Å². The summed E-state index contributed by atoms with van der Waals surface area (Å²) in [5, 5.41) is 0. The fourth-order valence-corrected chi connectivity index (χ4v) is 1.09. The molecule has 3 heteroatoms. The molecule has 0 aromatic heterocycles. The van der Waals surface area contributed by atoms with E-state index < -0.39 is 0 Å². The van der Waals surface area contributed by atoms with Crippen molar-refractivity contribution in [1.82, 2.24) is 4.90 Å². The van der Waals surface area contributed by atoms with Crippen LogP contribution in [0.4, 0.5) is 0 Å². The third-order valence-corrected chi connectivity index (χ3v) is 1.82. The summed E-state index contributed by atoms with van der Waals surface area (Å²) in [6.45, 7) is 7.87. The van der Waals surface area contributed by atoms with E-state index in [1.807, 2.05) is 0 Å². The van der Waals surface area contributed by atoms with E-state index in [1.54, 1.807) is 7.11 Å². The zero-order chi connectivity index (χ0) is 9.56. The van der Waals surface area contributed by atoms with Gasteiger partial charge in [0.25, 0.3) is 0 Å². The summed E-state index contributed by atoms with van der Waals surface area (Å²) in [5.74, 6) is 0.146. The molecule has 0 aliphatic carbocycles. The summed E-state index contributed by atoms with van der Waals surface area (Å²) < 4.78 is 4.75. The van der Waals surface area contributed by atoms with Crippen LogP contribution in [0, 0.1) is 0 Å². The van der Waals surface area contributed by atoms with Crippen LogP contribution in [-0.4, -0.2) is 43.5 Å². The molecule has 0 bridgehead atoms. The first-order valence-electron chi connectivity index (χ1n) is 4.36. The number of methoxy groups -OCH3 is 1. The van der Waals surface area contributed by atoms with Gasteiger partial charge in [0.15, 0.2) is 5.78 Å². The maximum Gasteiger partial charge on any atom is 0.172 e. The lowest BCUT2D eigenvalue weighted by Gasteiger charge is -2.23. The minimum atomic E-state index is 0.146. The second kappa shape index (κ2) is 6.14. The van der Waals surface area contributed by atoms with Crippen molar-refractivity contribution in [2.24, 2.45) is 0 Å². The molecule has 0 heterocycles. The van der Waals surface area contributed by atoms with Crippen molar-refractivity contribution >= 4 is 5.78 Å². The second-order valence-electron chi connectivity index (χ2n) is 3.13. The third-order valence-electron chi connectivity index (χ3n) is 1.82. The van der Waals surface area contributed by atoms with Gasteiger partial charge in [-0.05, 0) is 20.4 Å². The van der Waals surface area contributed by atoms with Gasteiger partial charge in [0.05, 0.1) is 6.54 Å². The number of ketones is 1. The Hall–Kier alpha value is -0.410. The number of carbonyl (C=O) groups excluding carboxylic acids is 1. The van der Waals surface area contributed by atoms with Crippen LogP contribution in [0.25, 0.3) is 0 Å². The lowest BCUT2D eigenvalue weighted by molar-refractivity contribution is -0.124. The average molecular weight is 173 g/mol. The molecule has 0 atom stereocenters. The van der Waals surface area contributed by atoms with Gasteiger partial charge in [-0.3, -0.25) is 9.69 Å². The quantitative estimate of drug-likeness (QED) is 0.598. The SMILES string of the molecule is CCN(CC(=O)COC)C(C)C. The van der Waals surface area contributed by atoms with Gasteiger partial charge in [0.1, 0.15) is 6.61 Å². The van der Waals surface area contributed by atoms with Gasteiger partial charge >= 0.3 is 0 Å². The Morgan fingerprint density at radius 3 is 2.42 bits per heavy atom. The van der Waals surface area contributed by atoms with E-state index in [2.05, 4.69) is 25.7 Å². The van der Waals surface area contributed by atoms with E-state index in [-0.39, 0.29) is 12.4 Å². The highest BCUT2D eigenvalue weighted by Gasteiger charge is 2.11. The van der Waals surface area contributed by atoms with Crippen molar-refractivity contribution in [2.75, 3.05) is 26.8 Å². The molecule has 0 amide bonds. The molecule has 0 aliphatic heterocycles. The maximum absolute atomic E-state index is 11.2. The van der Waals surface area contributed by atoms with Crippen LogP contribution in [0.15, 0.2) is 0 Å². The Labute approximate surface area is 74.7 Å². The van der Waals surface area contributed by atoms with Crippen LogP contribution in [0.2, 0.25) is 0 Å². The topological polar surface area (TPSA) is 29.5 Å². The van der Waals surface area contributed by atoms with Crippen LogP contribution in [0.3, 0.4) is 0 Å². The van der Waals surface area contributed by atoms with Gasteiger partial charge in [-0.15, -0.1) is 0 Å². The first kappa shape index (κ1) is 11.6. The van der Waals surface area contributed by atoms with Gasteiger partial charge in [0.2, 0.25) is 0 Å². The highest BCUT2D eigenvalue weighted by Crippen LogP contribution is 1.96. The number of likely N-dealkylation sites (N-methyl/N-ethyl adjacent to an activating group) is 1. The molecular formula is C9H19NO2. The van der Waals surface area contributed by atoms with Crippen molar-refractivity contribution < 1.29 is 9.53 Å². The number of hydrogen-bond acceptors (Lipinski definition) is 3. The van der Waals surface area contributed by atoms with Crippen LogP contribution in [-0.2, 0) is 9.53 Å². The first-order chi connectivity index (χ1) is 5.61. The average Bonchev–Trinajstić information content (AvgIpc) is 2.00. The summed E-state index contributed by atoms with van der Waals surface area (Å²) in [6, 6.07) is 0.427. The lowest BCUT2D eigenvalue weighted by Crippen LogP contribution is -2.36. The maximum atomic E-state index is 11.2. The molecule has 0 fully saturated rings. The van der Waals surface area contributed by atoms with Gasteiger partial charge < -0.3 is 4.74 Å². The van der Waals surface area contributed by atoms with E-state index in [1.165, 1.54) is 0 Å². The molecule has 12 heavy (non-hydrogen) atoms. The summed E-state index contributed by atoms with van der Waals surface area (Å²) in [6.07, 6.45) is 0. The van der Waals surface area contributed by atoms with Gasteiger partial charge in [-0.1, -0.05) is 6.92 Å². The summed E-state index contributed by atoms with van der Waals surface area (Å²) >= 11 is 0. The molecule has 0 rings (SSSR count). The van der Waals surface area contributed by atoms with Crippen molar-refractivity contribution in [3.05, 3.63) is 0 Å². The molecule has 0 aliphatic rings. The molecule has 0 spiro atoms. The Morgan fingerprint density at radius 2 is 2.08 bits per heavy atom. The van der Waals surface area contributed by atoms with Crippen LogP contribution < -0.4 is 0 Å². The number of Topliss-reactive ketones (excluding diaryl/α,β-unsaturated/α-hetero) is 1. The van der Waals surface area contributed by atoms with Gasteiger partial charge in [0, 0.05) is 13.2 Å². The first-order valence-corrected chi connectivity index (χ1v) is 4.36. The van der Waals surface area contributed by atoms with Crippen molar-refractivity contribution in [1.29, 1.82) is 0 Å². The van der Waals surface area contributed by atoms with E-state index in [9.17, 15) is 4.79 Å². The van der Waals surface area contributed by atoms with E-state index in [4.69, 9.17) is 4.74 Å². The number of hydrogen-bond donors (Lipinski definition) is 0. The van der Waals surface area contributed by atoms with Gasteiger partial charge in [-0.25, -0.2) is 0 Å². The standard InChI is InChI=1S/C9H19NO2/c1-5-10(8(2)3)6-9(11)7-12-4/h8H,5-7H2,1-4H3. The van der Waals surface area contributed by atoms with Crippen LogP contribution >= 0.6 is 0 Å². The highest BCUT2D eigenvalue weighted by molar-refractivity contribution is 5.81. The smallest absolute Gasteiger partial charge is 0.172 e. The van der Waals surface area contributed by atoms with E-state index in [0.717, 1.165) is 6.54 Å². The Balaban J connectivity index is 3.77. The molecule has 0 aromatic carbocycles. The fraction of sp³-hybridized carbons (Fsp3) is 0.889. The van der Waals surface area contributed by atoms with Crippen molar-refractivity contribution in [3.8, 4) is 0 Å². The lowest BCUT2D eigenvalue weighted by atomic mass is 10.3. The molecule has 0 saturated heterocycles. The zero-order valence-electron chi connectivity index (χ0n) is 8.46. The number of rotatable bonds is 6. The number of nitrogens with zero attached hydrogens (tertiary/aromatic N) is 1. The molecule has 0 radical (unpaired) electrons. The molecular weight excluding hydrogens is 154 g/mol. The fourth-order valence-electron chi connectivity index (χ4n) is 1.09. The third kappa shape index (κ3) is 4.46. The largest absolute Gasteiger partial charge is 0.377 e. The van der Waals surface area contributed by atoms with Gasteiger partial charge in [-0.2, -0.15) is 0 Å². The summed E-state index contributed by atoms with van der Waals surface area (Å²) in [4.78, 5) is 13.3. The normalized spacial score (nSPS) is 11.2. The number of ether oxygens (including phenoxy) is 1. The summed E-state index contributed by atoms with van der Waals surface area (Å²) in [7, 11) is 1.55.